The van der Waals surface area contributed by atoms with Gasteiger partial charge in [0.1, 0.15) is 0 Å². The first-order chi connectivity index (χ1) is 14.4. The Labute approximate surface area is 177 Å². The van der Waals surface area contributed by atoms with Gasteiger partial charge in [-0.05, 0) is 36.8 Å². The molecule has 2 aromatic carbocycles. The number of ether oxygens (including phenoxy) is 1. The van der Waals surface area contributed by atoms with E-state index >= 15 is 0 Å². The minimum absolute atomic E-state index is 0.199. The average molecular weight is 429 g/mol. The van der Waals surface area contributed by atoms with Gasteiger partial charge >= 0.3 is 5.69 Å². The summed E-state index contributed by atoms with van der Waals surface area (Å²) < 4.78 is 6.98. The van der Waals surface area contributed by atoms with Crippen LogP contribution in [-0.4, -0.2) is 40.5 Å². The molecule has 156 valence electrons. The lowest BCUT2D eigenvalue weighted by atomic mass is 10.1. The summed E-state index contributed by atoms with van der Waals surface area (Å²) in [4.78, 5) is 38.9. The van der Waals surface area contributed by atoms with Gasteiger partial charge in [-0.3, -0.25) is 9.59 Å². The van der Waals surface area contributed by atoms with E-state index in [0.29, 0.717) is 10.7 Å². The number of hydrogen-bond acceptors (Lipinski definition) is 5. The summed E-state index contributed by atoms with van der Waals surface area (Å²) >= 11 is 5.94. The maximum Gasteiger partial charge on any atom is 0.352 e. The first-order valence-corrected chi connectivity index (χ1v) is 9.65. The molecule has 1 amide bonds. The van der Waals surface area contributed by atoms with Crippen molar-refractivity contribution in [2.45, 2.75) is 13.0 Å². The number of halogens is 1. The Kier molecular flexibility index (Phi) is 6.81. The molecule has 30 heavy (non-hydrogen) atoms. The second-order valence-corrected chi connectivity index (χ2v) is 6.97. The van der Waals surface area contributed by atoms with Gasteiger partial charge in [-0.15, -0.1) is 0 Å². The smallest absolute Gasteiger partial charge is 0.352 e. The van der Waals surface area contributed by atoms with Crippen molar-refractivity contribution in [2.75, 3.05) is 20.3 Å². The summed E-state index contributed by atoms with van der Waals surface area (Å²) in [6.07, 6.45) is 0. The minimum atomic E-state index is -0.767. The van der Waals surface area contributed by atoms with Crippen molar-refractivity contribution in [3.05, 3.63) is 91.7 Å². The molecule has 0 unspecified atom stereocenters. The molecule has 0 aliphatic rings. The molecule has 3 rings (SSSR count). The summed E-state index contributed by atoms with van der Waals surface area (Å²) in [5, 5.41) is 7.12. The quantitative estimate of drug-likeness (QED) is 0.581. The van der Waals surface area contributed by atoms with E-state index in [1.165, 1.54) is 7.11 Å². The number of rotatable bonds is 7. The molecule has 0 saturated heterocycles. The monoisotopic (exact) mass is 428 g/mol. The molecular weight excluding hydrogens is 408 g/mol. The molecule has 9 heteroatoms. The number of carbonyl (C=O) groups is 1. The fourth-order valence-electron chi connectivity index (χ4n) is 2.95. The summed E-state index contributed by atoms with van der Waals surface area (Å²) in [6.45, 7) is 2.19. The van der Waals surface area contributed by atoms with E-state index in [-0.39, 0.29) is 18.8 Å². The van der Waals surface area contributed by atoms with Crippen LogP contribution in [0.2, 0.25) is 5.02 Å². The number of amides is 1. The van der Waals surface area contributed by atoms with Gasteiger partial charge in [0.15, 0.2) is 0 Å². The van der Waals surface area contributed by atoms with Crippen molar-refractivity contribution < 1.29 is 9.53 Å². The van der Waals surface area contributed by atoms with Gasteiger partial charge in [0.05, 0.1) is 18.3 Å². The minimum Gasteiger partial charge on any atom is -0.383 e. The Hall–Kier alpha value is -3.23. The number of aromatic nitrogens is 3. The zero-order valence-electron chi connectivity index (χ0n) is 16.5. The zero-order chi connectivity index (χ0) is 21.7. The van der Waals surface area contributed by atoms with Crippen LogP contribution in [0, 0.1) is 0 Å². The molecule has 0 aliphatic heterocycles. The fraction of sp³-hybridized carbons (Fsp3) is 0.238. The van der Waals surface area contributed by atoms with Crippen molar-refractivity contribution in [3.8, 4) is 5.69 Å². The molecule has 1 atom stereocenters. The van der Waals surface area contributed by atoms with Crippen LogP contribution in [0.5, 0.6) is 0 Å². The van der Waals surface area contributed by atoms with Gasteiger partial charge in [0, 0.05) is 18.7 Å². The molecular formula is C21H21ClN4O4. The molecule has 1 N–H and O–H groups in total. The first-order valence-electron chi connectivity index (χ1n) is 9.28. The molecule has 0 aliphatic carbocycles. The van der Waals surface area contributed by atoms with E-state index in [2.05, 4.69) is 10.4 Å². The van der Waals surface area contributed by atoms with Gasteiger partial charge < -0.3 is 10.1 Å². The predicted octanol–water partition coefficient (Wildman–Crippen LogP) is 2.03. The maximum absolute atomic E-state index is 13.2. The lowest BCUT2D eigenvalue weighted by Crippen LogP contribution is -2.47. The van der Waals surface area contributed by atoms with Gasteiger partial charge in [0.2, 0.25) is 5.69 Å². The number of methoxy groups -OCH3 is 1. The molecule has 0 saturated carbocycles. The number of nitrogens with zero attached hydrogens (tertiary/aromatic N) is 3. The SMILES string of the molecule is COCCNC(=O)c1nn(-c2ccc(Cl)cc2)c(=O)n([C@@H](C)c2ccccc2)c1=O. The van der Waals surface area contributed by atoms with Crippen LogP contribution in [0.1, 0.15) is 29.0 Å². The molecule has 0 fully saturated rings. The molecule has 1 heterocycles. The third-order valence-corrected chi connectivity index (χ3v) is 4.81. The van der Waals surface area contributed by atoms with Crippen LogP contribution in [0.25, 0.3) is 5.69 Å². The summed E-state index contributed by atoms with van der Waals surface area (Å²) in [7, 11) is 1.50. The highest BCUT2D eigenvalue weighted by Gasteiger charge is 2.23. The van der Waals surface area contributed by atoms with Gasteiger partial charge in [0.25, 0.3) is 11.5 Å². The van der Waals surface area contributed by atoms with E-state index in [1.54, 1.807) is 31.2 Å². The zero-order valence-corrected chi connectivity index (χ0v) is 17.3. The highest BCUT2D eigenvalue weighted by molar-refractivity contribution is 6.30. The molecule has 1 aromatic heterocycles. The number of benzene rings is 2. The maximum atomic E-state index is 13.2. The largest absolute Gasteiger partial charge is 0.383 e. The van der Waals surface area contributed by atoms with Gasteiger partial charge in [-0.1, -0.05) is 41.9 Å². The van der Waals surface area contributed by atoms with Crippen LogP contribution in [0.4, 0.5) is 0 Å². The third-order valence-electron chi connectivity index (χ3n) is 4.56. The highest BCUT2D eigenvalue weighted by atomic mass is 35.5. The van der Waals surface area contributed by atoms with Crippen molar-refractivity contribution in [2.24, 2.45) is 0 Å². The Morgan fingerprint density at radius 2 is 1.80 bits per heavy atom. The Morgan fingerprint density at radius 1 is 1.13 bits per heavy atom. The van der Waals surface area contributed by atoms with Crippen molar-refractivity contribution in [1.29, 1.82) is 0 Å². The molecule has 0 spiro atoms. The number of nitrogens with one attached hydrogen (secondary N) is 1. The molecule has 3 aromatic rings. The normalized spacial score (nSPS) is 11.8. The number of hydrogen-bond donors (Lipinski definition) is 1. The molecule has 8 nitrogen and oxygen atoms in total. The average Bonchev–Trinajstić information content (AvgIpc) is 2.75. The Balaban J connectivity index is 2.19. The lowest BCUT2D eigenvalue weighted by Gasteiger charge is -2.17. The first kappa shape index (κ1) is 21.5. The van der Waals surface area contributed by atoms with E-state index in [9.17, 15) is 14.4 Å². The van der Waals surface area contributed by atoms with Crippen LogP contribution in [0.15, 0.2) is 64.2 Å². The van der Waals surface area contributed by atoms with E-state index < -0.39 is 23.2 Å². The van der Waals surface area contributed by atoms with Gasteiger partial charge in [-0.25, -0.2) is 9.36 Å². The summed E-state index contributed by atoms with van der Waals surface area (Å²) in [5.41, 5.74) is -0.687. The Bertz CT molecular complexity index is 1140. The summed E-state index contributed by atoms with van der Waals surface area (Å²) in [6, 6.07) is 14.8. The lowest BCUT2D eigenvalue weighted by molar-refractivity contribution is 0.0927. The fourth-order valence-corrected chi connectivity index (χ4v) is 3.08. The van der Waals surface area contributed by atoms with Gasteiger partial charge in [-0.2, -0.15) is 9.78 Å². The predicted molar refractivity (Wildman–Crippen MR) is 114 cm³/mol. The van der Waals surface area contributed by atoms with Crippen molar-refractivity contribution >= 4 is 17.5 Å². The molecule has 0 bridgehead atoms. The second-order valence-electron chi connectivity index (χ2n) is 6.53. The van der Waals surface area contributed by atoms with E-state index in [0.717, 1.165) is 14.8 Å². The van der Waals surface area contributed by atoms with Crippen LogP contribution >= 0.6 is 11.6 Å². The topological polar surface area (TPSA) is 95.2 Å². The third kappa shape index (κ3) is 4.50. The van der Waals surface area contributed by atoms with E-state index in [4.69, 9.17) is 16.3 Å². The number of carbonyl (C=O) groups excluding carboxylic acids is 1. The van der Waals surface area contributed by atoms with Crippen LogP contribution in [-0.2, 0) is 4.74 Å². The standard InChI is InChI=1S/C21H21ClN4O4/c1-14(15-6-4-3-5-7-15)25-20(28)18(19(27)23-12-13-30-2)24-26(21(25)29)17-10-8-16(22)9-11-17/h3-11,14H,12-13H2,1-2H3,(H,23,27)/t14-/m0/s1. The summed E-state index contributed by atoms with van der Waals surface area (Å²) in [5.74, 6) is -0.686. The van der Waals surface area contributed by atoms with E-state index in [1.807, 2.05) is 30.3 Å². The van der Waals surface area contributed by atoms with Crippen LogP contribution in [0.3, 0.4) is 0 Å². The second kappa shape index (κ2) is 9.51. The van der Waals surface area contributed by atoms with Crippen molar-refractivity contribution in [1.82, 2.24) is 19.7 Å². The molecule has 0 radical (unpaired) electrons. The van der Waals surface area contributed by atoms with Crippen LogP contribution < -0.4 is 16.6 Å². The highest BCUT2D eigenvalue weighted by Crippen LogP contribution is 2.15. The Morgan fingerprint density at radius 3 is 2.43 bits per heavy atom. The van der Waals surface area contributed by atoms with Crippen molar-refractivity contribution in [3.63, 3.8) is 0 Å².